The number of morpholine rings is 1. The number of ether oxygens (including phenoxy) is 1. The van der Waals surface area contributed by atoms with Crippen LogP contribution < -0.4 is 4.72 Å². The first kappa shape index (κ1) is 18.0. The summed E-state index contributed by atoms with van der Waals surface area (Å²) in [5, 5.41) is 0.262. The molecule has 1 aliphatic rings. The van der Waals surface area contributed by atoms with Crippen LogP contribution in [0.1, 0.15) is 13.8 Å². The van der Waals surface area contributed by atoms with E-state index in [1.165, 1.54) is 6.07 Å². The zero-order valence-corrected chi connectivity index (χ0v) is 14.9. The third kappa shape index (κ3) is 4.13. The lowest BCUT2D eigenvalue weighted by Crippen LogP contribution is -2.55. The molecule has 0 saturated carbocycles. The van der Waals surface area contributed by atoms with E-state index in [9.17, 15) is 8.42 Å². The van der Waals surface area contributed by atoms with Crippen LogP contribution in [-0.4, -0.2) is 51.7 Å². The van der Waals surface area contributed by atoms with Crippen molar-refractivity contribution < 1.29 is 13.2 Å². The fourth-order valence-corrected chi connectivity index (χ4v) is 4.29. The van der Waals surface area contributed by atoms with E-state index in [0.29, 0.717) is 13.2 Å². The van der Waals surface area contributed by atoms with E-state index >= 15 is 0 Å². The van der Waals surface area contributed by atoms with Crippen LogP contribution in [0.4, 0.5) is 0 Å². The molecule has 1 aromatic rings. The second kappa shape index (κ2) is 7.03. The summed E-state index contributed by atoms with van der Waals surface area (Å²) in [6, 6.07) is 4.56. The lowest BCUT2D eigenvalue weighted by atomic mass is 10.0. The Balaban J connectivity index is 2.10. The van der Waals surface area contributed by atoms with Crippen LogP contribution in [0.2, 0.25) is 10.0 Å². The van der Waals surface area contributed by atoms with E-state index in [1.54, 1.807) is 12.1 Å². The van der Waals surface area contributed by atoms with Gasteiger partial charge in [-0.3, -0.25) is 4.90 Å². The Bertz CT molecular complexity index is 629. The fourth-order valence-electron chi connectivity index (χ4n) is 2.32. The van der Waals surface area contributed by atoms with Gasteiger partial charge in [-0.2, -0.15) is 0 Å². The minimum atomic E-state index is -3.71. The van der Waals surface area contributed by atoms with Crippen molar-refractivity contribution in [1.29, 1.82) is 0 Å². The summed E-state index contributed by atoms with van der Waals surface area (Å²) in [5.74, 6) is 0. The van der Waals surface area contributed by atoms with E-state index < -0.39 is 10.0 Å². The lowest BCUT2D eigenvalue weighted by Gasteiger charge is -2.40. The highest BCUT2D eigenvalue weighted by Gasteiger charge is 2.30. The molecular weight excluding hydrogens is 347 g/mol. The summed E-state index contributed by atoms with van der Waals surface area (Å²) in [7, 11) is -3.71. The number of sulfonamides is 1. The van der Waals surface area contributed by atoms with Crippen molar-refractivity contribution in [3.8, 4) is 0 Å². The molecule has 22 heavy (non-hydrogen) atoms. The summed E-state index contributed by atoms with van der Waals surface area (Å²) in [6.45, 7) is 7.17. The average molecular weight is 367 g/mol. The second-order valence-electron chi connectivity index (χ2n) is 5.79. The predicted molar refractivity (Wildman–Crippen MR) is 88.1 cm³/mol. The maximum Gasteiger partial charge on any atom is 0.242 e. The summed E-state index contributed by atoms with van der Waals surface area (Å²) < 4.78 is 32.8. The van der Waals surface area contributed by atoms with Gasteiger partial charge in [-0.25, -0.2) is 13.1 Å². The number of hydrogen-bond donors (Lipinski definition) is 1. The molecule has 0 unspecified atom stereocenters. The van der Waals surface area contributed by atoms with E-state index in [4.69, 9.17) is 27.9 Å². The minimum Gasteiger partial charge on any atom is -0.379 e. The van der Waals surface area contributed by atoms with Crippen LogP contribution >= 0.6 is 23.2 Å². The van der Waals surface area contributed by atoms with Crippen LogP contribution in [0.5, 0.6) is 0 Å². The Labute approximate surface area is 141 Å². The molecule has 0 aromatic heterocycles. The van der Waals surface area contributed by atoms with Gasteiger partial charge in [0.15, 0.2) is 0 Å². The molecule has 5 nitrogen and oxygen atoms in total. The molecule has 0 spiro atoms. The van der Waals surface area contributed by atoms with Gasteiger partial charge in [-0.1, -0.05) is 29.3 Å². The first-order valence-corrected chi connectivity index (χ1v) is 9.24. The van der Waals surface area contributed by atoms with E-state index in [1.807, 2.05) is 13.8 Å². The Morgan fingerprint density at radius 3 is 2.55 bits per heavy atom. The molecule has 1 saturated heterocycles. The molecule has 0 aliphatic carbocycles. The van der Waals surface area contributed by atoms with Gasteiger partial charge >= 0.3 is 0 Å². The highest BCUT2D eigenvalue weighted by Crippen LogP contribution is 2.29. The third-order valence-electron chi connectivity index (χ3n) is 3.77. The van der Waals surface area contributed by atoms with E-state index in [0.717, 1.165) is 13.1 Å². The summed E-state index contributed by atoms with van der Waals surface area (Å²) in [6.07, 6.45) is 0. The van der Waals surface area contributed by atoms with Crippen molar-refractivity contribution in [2.45, 2.75) is 24.3 Å². The zero-order valence-electron chi connectivity index (χ0n) is 12.6. The number of nitrogens with zero attached hydrogens (tertiary/aromatic N) is 1. The maximum absolute atomic E-state index is 12.4. The van der Waals surface area contributed by atoms with Crippen molar-refractivity contribution in [3.05, 3.63) is 28.2 Å². The molecule has 1 aromatic carbocycles. The first-order chi connectivity index (χ1) is 10.2. The van der Waals surface area contributed by atoms with Crippen molar-refractivity contribution in [2.75, 3.05) is 32.8 Å². The Hall–Kier alpha value is -0.370. The second-order valence-corrected chi connectivity index (χ2v) is 8.31. The fraction of sp³-hybridized carbons (Fsp3) is 0.571. The van der Waals surface area contributed by atoms with Crippen LogP contribution in [-0.2, 0) is 14.8 Å². The molecule has 0 bridgehead atoms. The molecule has 0 radical (unpaired) electrons. The number of hydrogen-bond acceptors (Lipinski definition) is 4. The van der Waals surface area contributed by atoms with Crippen molar-refractivity contribution in [1.82, 2.24) is 9.62 Å². The highest BCUT2D eigenvalue weighted by atomic mass is 35.5. The van der Waals surface area contributed by atoms with Crippen LogP contribution in [0.15, 0.2) is 23.1 Å². The van der Waals surface area contributed by atoms with E-state index in [-0.39, 0.29) is 27.0 Å². The van der Waals surface area contributed by atoms with Crippen molar-refractivity contribution in [3.63, 3.8) is 0 Å². The molecule has 2 rings (SSSR count). The number of halogens is 2. The van der Waals surface area contributed by atoms with Gasteiger partial charge in [0.1, 0.15) is 4.90 Å². The van der Waals surface area contributed by atoms with Crippen molar-refractivity contribution >= 4 is 33.2 Å². The molecule has 1 fully saturated rings. The minimum absolute atomic E-state index is 0.000515. The first-order valence-electron chi connectivity index (χ1n) is 7.00. The van der Waals surface area contributed by atoms with Gasteiger partial charge in [0.2, 0.25) is 10.0 Å². The Kier molecular flexibility index (Phi) is 5.74. The molecule has 0 amide bonds. The quantitative estimate of drug-likeness (QED) is 0.868. The van der Waals surface area contributed by atoms with Gasteiger partial charge < -0.3 is 4.74 Å². The molecule has 1 heterocycles. The SMILES string of the molecule is CC(C)(CNS(=O)(=O)c1cccc(Cl)c1Cl)N1CCOCC1. The van der Waals surface area contributed by atoms with Gasteiger partial charge in [0.05, 0.1) is 23.3 Å². The summed E-state index contributed by atoms with van der Waals surface area (Å²) >= 11 is 11.9. The van der Waals surface area contributed by atoms with Crippen LogP contribution in [0.25, 0.3) is 0 Å². The van der Waals surface area contributed by atoms with Gasteiger partial charge in [-0.15, -0.1) is 0 Å². The lowest BCUT2D eigenvalue weighted by molar-refractivity contribution is -0.00803. The number of nitrogens with one attached hydrogen (secondary N) is 1. The molecule has 8 heteroatoms. The Morgan fingerprint density at radius 2 is 1.91 bits per heavy atom. The van der Waals surface area contributed by atoms with Crippen molar-refractivity contribution in [2.24, 2.45) is 0 Å². The maximum atomic E-state index is 12.4. The predicted octanol–water partition coefficient (Wildman–Crippen LogP) is 2.38. The molecule has 1 aliphatic heterocycles. The van der Waals surface area contributed by atoms with Crippen LogP contribution in [0.3, 0.4) is 0 Å². The standard InChI is InChI=1S/C14H20Cl2N2O3S/c1-14(2,18-6-8-21-9-7-18)10-17-22(19,20)12-5-3-4-11(15)13(12)16/h3-5,17H,6-10H2,1-2H3. The van der Waals surface area contributed by atoms with Gasteiger partial charge in [-0.05, 0) is 26.0 Å². The monoisotopic (exact) mass is 366 g/mol. The number of rotatable bonds is 5. The summed E-state index contributed by atoms with van der Waals surface area (Å²) in [4.78, 5) is 2.21. The molecule has 1 N–H and O–H groups in total. The zero-order chi connectivity index (χ0) is 16.4. The molecular formula is C14H20Cl2N2O3S. The highest BCUT2D eigenvalue weighted by molar-refractivity contribution is 7.89. The smallest absolute Gasteiger partial charge is 0.242 e. The third-order valence-corrected chi connectivity index (χ3v) is 6.14. The summed E-state index contributed by atoms with van der Waals surface area (Å²) in [5.41, 5.74) is -0.318. The van der Waals surface area contributed by atoms with E-state index in [2.05, 4.69) is 9.62 Å². The van der Waals surface area contributed by atoms with Crippen LogP contribution in [0, 0.1) is 0 Å². The topological polar surface area (TPSA) is 58.6 Å². The largest absolute Gasteiger partial charge is 0.379 e. The van der Waals surface area contributed by atoms with Gasteiger partial charge in [0, 0.05) is 25.2 Å². The molecule has 124 valence electrons. The van der Waals surface area contributed by atoms with Gasteiger partial charge in [0.25, 0.3) is 0 Å². The molecule has 0 atom stereocenters. The Morgan fingerprint density at radius 1 is 1.27 bits per heavy atom. The average Bonchev–Trinajstić information content (AvgIpc) is 2.49. The normalized spacial score (nSPS) is 17.6. The number of benzene rings is 1.